The zero-order valence-corrected chi connectivity index (χ0v) is 11.7. The van der Waals surface area contributed by atoms with Gasteiger partial charge in [0.25, 0.3) is 0 Å². The highest BCUT2D eigenvalue weighted by Gasteiger charge is 2.35. The van der Waals surface area contributed by atoms with Crippen LogP contribution in [-0.4, -0.2) is 11.2 Å². The fraction of sp³-hybridized carbons (Fsp3) is 0.538. The summed E-state index contributed by atoms with van der Waals surface area (Å²) in [5, 5.41) is 9.97. The molecule has 1 saturated carbocycles. The molecule has 8 heteroatoms. The van der Waals surface area contributed by atoms with Gasteiger partial charge in [0.05, 0.1) is 12.1 Å². The lowest BCUT2D eigenvalue weighted by Crippen LogP contribution is -2.34. The normalized spacial score (nSPS) is 18.4. The van der Waals surface area contributed by atoms with Gasteiger partial charge in [0.2, 0.25) is 5.82 Å². The van der Waals surface area contributed by atoms with Crippen LogP contribution in [0.3, 0.4) is 0 Å². The number of halogens is 6. The Balaban J connectivity index is 0.00000220. The molecule has 1 aliphatic rings. The monoisotopic (exact) mass is 331 g/mol. The minimum Gasteiger partial charge on any atom is -0.391 e. The molecule has 0 spiro atoms. The van der Waals surface area contributed by atoms with Gasteiger partial charge in [-0.15, -0.1) is 12.4 Å². The van der Waals surface area contributed by atoms with Gasteiger partial charge in [-0.2, -0.15) is 0 Å². The van der Waals surface area contributed by atoms with Crippen molar-refractivity contribution in [3.05, 3.63) is 34.6 Å². The van der Waals surface area contributed by atoms with E-state index in [-0.39, 0.29) is 18.3 Å². The van der Waals surface area contributed by atoms with E-state index in [1.54, 1.807) is 0 Å². The lowest BCUT2D eigenvalue weighted by atomic mass is 9.90. The molecule has 0 aliphatic heterocycles. The maximum atomic E-state index is 13.6. The van der Waals surface area contributed by atoms with Crippen molar-refractivity contribution in [2.75, 3.05) is 0 Å². The molecule has 0 saturated heterocycles. The Morgan fingerprint density at radius 1 is 0.857 bits per heavy atom. The van der Waals surface area contributed by atoms with E-state index in [2.05, 4.69) is 0 Å². The summed E-state index contributed by atoms with van der Waals surface area (Å²) in [6, 6.07) is -1.65. The zero-order valence-electron chi connectivity index (χ0n) is 10.9. The Labute approximate surface area is 124 Å². The molecule has 1 fully saturated rings. The molecule has 1 aliphatic carbocycles. The number of hydrogen-bond acceptors (Lipinski definition) is 2. The summed E-state index contributed by atoms with van der Waals surface area (Å²) in [6.07, 6.45) is 1.57. The highest BCUT2D eigenvalue weighted by molar-refractivity contribution is 5.85. The van der Waals surface area contributed by atoms with Gasteiger partial charge in [0.15, 0.2) is 23.3 Å². The largest absolute Gasteiger partial charge is 0.391 e. The van der Waals surface area contributed by atoms with Crippen molar-refractivity contribution in [3.8, 4) is 0 Å². The molecule has 0 heterocycles. The minimum atomic E-state index is -2.23. The fourth-order valence-corrected chi connectivity index (χ4v) is 2.68. The van der Waals surface area contributed by atoms with Gasteiger partial charge in [-0.25, -0.2) is 22.0 Å². The average Bonchev–Trinajstić information content (AvgIpc) is 2.96. The minimum absolute atomic E-state index is 0. The van der Waals surface area contributed by atoms with Crippen LogP contribution < -0.4 is 5.73 Å². The number of aliphatic hydroxyl groups is 1. The first-order valence-corrected chi connectivity index (χ1v) is 6.31. The summed E-state index contributed by atoms with van der Waals surface area (Å²) < 4.78 is 66.3. The third-order valence-corrected chi connectivity index (χ3v) is 3.83. The lowest BCUT2D eigenvalue weighted by Gasteiger charge is -2.25. The number of nitrogens with two attached hydrogens (primary N) is 1. The maximum Gasteiger partial charge on any atom is 0.200 e. The van der Waals surface area contributed by atoms with E-state index in [1.807, 2.05) is 0 Å². The lowest BCUT2D eigenvalue weighted by molar-refractivity contribution is 0.0811. The van der Waals surface area contributed by atoms with Crippen molar-refractivity contribution in [2.24, 2.45) is 11.7 Å². The molecule has 0 unspecified atom stereocenters. The van der Waals surface area contributed by atoms with Gasteiger partial charge >= 0.3 is 0 Å². The molecule has 2 rings (SSSR count). The number of aliphatic hydroxyl groups excluding tert-OH is 1. The predicted octanol–water partition coefficient (Wildman–Crippen LogP) is 3.35. The molecular formula is C13H15ClF5NO. The second-order valence-electron chi connectivity index (χ2n) is 5.04. The SMILES string of the molecule is Cl.N[C@@H](c1c(F)c(F)c(F)c(F)c1F)[C@H](O)C1CCCC1. The molecule has 2 nitrogen and oxygen atoms in total. The molecule has 0 aromatic heterocycles. The van der Waals surface area contributed by atoms with Crippen molar-refractivity contribution in [3.63, 3.8) is 0 Å². The smallest absolute Gasteiger partial charge is 0.200 e. The van der Waals surface area contributed by atoms with Crippen LogP contribution in [0, 0.1) is 35.0 Å². The van der Waals surface area contributed by atoms with Crippen LogP contribution >= 0.6 is 12.4 Å². The van der Waals surface area contributed by atoms with Gasteiger partial charge in [0.1, 0.15) is 0 Å². The molecule has 0 radical (unpaired) electrons. The number of benzene rings is 1. The topological polar surface area (TPSA) is 46.2 Å². The molecule has 1 aromatic carbocycles. The van der Waals surface area contributed by atoms with Crippen LogP contribution in [0.2, 0.25) is 0 Å². The van der Waals surface area contributed by atoms with Crippen LogP contribution in [0.4, 0.5) is 22.0 Å². The van der Waals surface area contributed by atoms with E-state index in [0.717, 1.165) is 12.8 Å². The predicted molar refractivity (Wildman–Crippen MR) is 68.4 cm³/mol. The summed E-state index contributed by atoms with van der Waals surface area (Å²) >= 11 is 0. The van der Waals surface area contributed by atoms with Crippen molar-refractivity contribution < 1.29 is 27.1 Å². The Morgan fingerprint density at radius 3 is 1.67 bits per heavy atom. The van der Waals surface area contributed by atoms with E-state index in [4.69, 9.17) is 5.73 Å². The summed E-state index contributed by atoms with van der Waals surface area (Å²) in [7, 11) is 0. The Bertz CT molecular complexity index is 493. The summed E-state index contributed by atoms with van der Waals surface area (Å²) in [4.78, 5) is 0. The van der Waals surface area contributed by atoms with Gasteiger partial charge < -0.3 is 10.8 Å². The van der Waals surface area contributed by atoms with E-state index in [1.165, 1.54) is 0 Å². The van der Waals surface area contributed by atoms with Crippen LogP contribution in [-0.2, 0) is 0 Å². The Kier molecular flexibility index (Phi) is 5.95. The van der Waals surface area contributed by atoms with E-state index in [0.29, 0.717) is 12.8 Å². The quantitative estimate of drug-likeness (QED) is 0.507. The molecular weight excluding hydrogens is 317 g/mol. The molecule has 3 N–H and O–H groups in total. The van der Waals surface area contributed by atoms with Crippen molar-refractivity contribution in [2.45, 2.75) is 37.8 Å². The fourth-order valence-electron chi connectivity index (χ4n) is 2.68. The molecule has 2 atom stereocenters. The first kappa shape index (κ1) is 18.1. The first-order valence-electron chi connectivity index (χ1n) is 6.31. The van der Waals surface area contributed by atoms with Crippen molar-refractivity contribution in [1.82, 2.24) is 0 Å². The molecule has 21 heavy (non-hydrogen) atoms. The Morgan fingerprint density at radius 2 is 1.24 bits per heavy atom. The van der Waals surface area contributed by atoms with Crippen LogP contribution in [0.1, 0.15) is 37.3 Å². The van der Waals surface area contributed by atoms with Gasteiger partial charge in [-0.3, -0.25) is 0 Å². The number of hydrogen-bond donors (Lipinski definition) is 2. The molecule has 120 valence electrons. The standard InChI is InChI=1S/C13H14F5NO.ClH/c14-7-6(8(15)10(17)11(18)9(7)16)12(19)13(20)5-3-1-2-4-5;/h5,12-13,20H,1-4,19H2;1H/t12-,13+;/m0./s1. The molecule has 0 amide bonds. The first-order chi connectivity index (χ1) is 9.36. The highest BCUT2D eigenvalue weighted by atomic mass is 35.5. The summed E-state index contributed by atoms with van der Waals surface area (Å²) in [5.74, 6) is -10.6. The van der Waals surface area contributed by atoms with E-state index >= 15 is 0 Å². The Hall–Kier alpha value is -0.920. The number of rotatable bonds is 3. The second kappa shape index (κ2) is 6.89. The van der Waals surface area contributed by atoms with E-state index in [9.17, 15) is 27.1 Å². The van der Waals surface area contributed by atoms with Gasteiger partial charge in [-0.05, 0) is 18.8 Å². The third kappa shape index (κ3) is 3.14. The van der Waals surface area contributed by atoms with Crippen molar-refractivity contribution in [1.29, 1.82) is 0 Å². The average molecular weight is 332 g/mol. The molecule has 1 aromatic rings. The third-order valence-electron chi connectivity index (χ3n) is 3.83. The molecule has 0 bridgehead atoms. The second-order valence-corrected chi connectivity index (χ2v) is 5.04. The van der Waals surface area contributed by atoms with Gasteiger partial charge in [-0.1, -0.05) is 12.8 Å². The van der Waals surface area contributed by atoms with Crippen molar-refractivity contribution >= 4 is 12.4 Å². The summed E-state index contributed by atoms with van der Waals surface area (Å²) in [6.45, 7) is 0. The zero-order chi connectivity index (χ0) is 15.0. The van der Waals surface area contributed by atoms with Crippen LogP contribution in [0.25, 0.3) is 0 Å². The van der Waals surface area contributed by atoms with E-state index < -0.39 is 46.8 Å². The maximum absolute atomic E-state index is 13.6. The van der Waals surface area contributed by atoms with Crippen LogP contribution in [0.15, 0.2) is 0 Å². The van der Waals surface area contributed by atoms with Crippen LogP contribution in [0.5, 0.6) is 0 Å². The summed E-state index contributed by atoms with van der Waals surface area (Å²) in [5.41, 5.74) is 4.37. The van der Waals surface area contributed by atoms with Gasteiger partial charge in [0, 0.05) is 5.56 Å². The highest BCUT2D eigenvalue weighted by Crippen LogP contribution is 2.35.